The zero-order chi connectivity index (χ0) is 21.4. The van der Waals surface area contributed by atoms with Gasteiger partial charge in [0.1, 0.15) is 0 Å². The van der Waals surface area contributed by atoms with Gasteiger partial charge in [-0.05, 0) is 49.8 Å². The molecule has 1 aromatic carbocycles. The van der Waals surface area contributed by atoms with Gasteiger partial charge in [-0.15, -0.1) is 10.8 Å². The van der Waals surface area contributed by atoms with Crippen molar-refractivity contribution in [2.45, 2.75) is 43.7 Å². The predicted molar refractivity (Wildman–Crippen MR) is 102 cm³/mol. The van der Waals surface area contributed by atoms with Gasteiger partial charge < -0.3 is 5.32 Å². The van der Waals surface area contributed by atoms with Crippen LogP contribution in [-0.2, 0) is 11.0 Å². The average Bonchev–Trinajstić information content (AvgIpc) is 3.21. The average molecular weight is 429 g/mol. The highest BCUT2D eigenvalue weighted by Crippen LogP contribution is 2.76. The molecule has 1 aliphatic heterocycles. The third-order valence-electron chi connectivity index (χ3n) is 7.04. The number of anilines is 1. The Morgan fingerprint density at radius 2 is 2.07 bits per heavy atom. The summed E-state index contributed by atoms with van der Waals surface area (Å²) in [6.07, 6.45) is -3.34. The molecule has 1 heterocycles. The molecule has 1 saturated heterocycles. The number of nitrogens with zero attached hydrogens (tertiary/aromatic N) is 2. The van der Waals surface area contributed by atoms with Crippen LogP contribution in [0, 0.1) is 29.1 Å². The van der Waals surface area contributed by atoms with Gasteiger partial charge in [-0.3, -0.25) is 18.2 Å². The van der Waals surface area contributed by atoms with Gasteiger partial charge >= 0.3 is 6.18 Å². The Hall–Kier alpha value is -1.96. The van der Waals surface area contributed by atoms with Crippen molar-refractivity contribution in [1.29, 1.82) is 5.26 Å². The summed E-state index contributed by atoms with van der Waals surface area (Å²) in [5, 5.41) is 11.9. The van der Waals surface area contributed by atoms with Crippen molar-refractivity contribution in [3.63, 3.8) is 0 Å². The lowest BCUT2D eigenvalue weighted by atomic mass is 9.77. The number of benzene rings is 1. The van der Waals surface area contributed by atoms with E-state index in [1.807, 2.05) is 0 Å². The first-order valence-corrected chi connectivity index (χ1v) is 10.9. The number of amides is 1. The molecule has 3 aliphatic rings. The fourth-order valence-electron chi connectivity index (χ4n) is 5.67. The van der Waals surface area contributed by atoms with Crippen LogP contribution in [0.5, 0.6) is 0 Å². The number of fused-ring (bicyclic) bond motifs is 5. The number of carbonyl (C=O) groups is 1. The quantitative estimate of drug-likeness (QED) is 0.661. The fourth-order valence-corrected chi connectivity index (χ4v) is 8.22. The van der Waals surface area contributed by atoms with Gasteiger partial charge in [0.05, 0.1) is 27.6 Å². The van der Waals surface area contributed by atoms with Crippen molar-refractivity contribution in [3.8, 4) is 6.07 Å². The molecule has 1 amide bonds. The third kappa shape index (κ3) is 2.75. The number of alkyl halides is 3. The van der Waals surface area contributed by atoms with E-state index >= 15 is 0 Å². The first-order valence-electron chi connectivity index (χ1n) is 9.35. The zero-order valence-electron chi connectivity index (χ0n) is 15.9. The van der Waals surface area contributed by atoms with Crippen LogP contribution in [-0.4, -0.2) is 32.3 Å². The highest BCUT2D eigenvalue weighted by atomic mass is 32.3. The second-order valence-corrected chi connectivity index (χ2v) is 10.7. The summed E-state index contributed by atoms with van der Waals surface area (Å²) < 4.78 is 62.9. The molecule has 2 aliphatic carbocycles. The SMILES string of the molecule is CC(=O)N[C@@H]1C[C@@H]2C[C@H]1[C@@H]1CN(c3ccc(C#N)c(C(F)(F)F)c3)S(O)(O)[C@]21C. The summed E-state index contributed by atoms with van der Waals surface area (Å²) in [4.78, 5) is 11.5. The normalized spacial score (nSPS) is 35.9. The molecular formula is C19H22F3N3O3S. The van der Waals surface area contributed by atoms with Gasteiger partial charge in [0.15, 0.2) is 0 Å². The molecule has 2 bridgehead atoms. The van der Waals surface area contributed by atoms with Crippen LogP contribution in [0.4, 0.5) is 18.9 Å². The first-order chi connectivity index (χ1) is 13.4. The van der Waals surface area contributed by atoms with Crippen molar-refractivity contribution in [2.75, 3.05) is 10.8 Å². The van der Waals surface area contributed by atoms with Gasteiger partial charge in [0, 0.05) is 25.4 Å². The molecule has 158 valence electrons. The van der Waals surface area contributed by atoms with Crippen molar-refractivity contribution < 1.29 is 27.1 Å². The number of rotatable bonds is 2. The minimum Gasteiger partial charge on any atom is -0.353 e. The maximum Gasteiger partial charge on any atom is 0.417 e. The number of nitrogens with one attached hydrogen (secondary N) is 1. The van der Waals surface area contributed by atoms with E-state index in [1.54, 1.807) is 6.92 Å². The minimum atomic E-state index is -4.72. The number of halogens is 3. The molecule has 3 N–H and O–H groups in total. The van der Waals surface area contributed by atoms with Crippen molar-refractivity contribution in [2.24, 2.45) is 17.8 Å². The molecule has 4 rings (SSSR count). The van der Waals surface area contributed by atoms with Crippen molar-refractivity contribution in [3.05, 3.63) is 29.3 Å². The molecule has 0 radical (unpaired) electrons. The van der Waals surface area contributed by atoms with Crippen LogP contribution in [0.25, 0.3) is 0 Å². The van der Waals surface area contributed by atoms with Gasteiger partial charge in [-0.25, -0.2) is 0 Å². The molecule has 3 fully saturated rings. The maximum absolute atomic E-state index is 13.4. The van der Waals surface area contributed by atoms with Gasteiger partial charge in [0.2, 0.25) is 5.91 Å². The summed E-state index contributed by atoms with van der Waals surface area (Å²) in [7, 11) is -3.41. The molecule has 0 spiro atoms. The lowest BCUT2D eigenvalue weighted by Gasteiger charge is -2.52. The maximum atomic E-state index is 13.4. The summed E-state index contributed by atoms with van der Waals surface area (Å²) >= 11 is 0. The molecular weight excluding hydrogens is 407 g/mol. The molecule has 2 saturated carbocycles. The van der Waals surface area contributed by atoms with Crippen LogP contribution >= 0.6 is 10.8 Å². The van der Waals surface area contributed by atoms with Crippen LogP contribution in [0.15, 0.2) is 18.2 Å². The molecule has 0 aromatic heterocycles. The first kappa shape index (κ1) is 20.3. The molecule has 1 aromatic rings. The van der Waals surface area contributed by atoms with Crippen LogP contribution < -0.4 is 9.62 Å². The van der Waals surface area contributed by atoms with E-state index in [0.717, 1.165) is 18.6 Å². The van der Waals surface area contributed by atoms with E-state index in [2.05, 4.69) is 5.32 Å². The van der Waals surface area contributed by atoms with E-state index in [-0.39, 0.29) is 41.9 Å². The Labute approximate surface area is 168 Å². The second-order valence-electron chi connectivity index (χ2n) is 8.35. The van der Waals surface area contributed by atoms with Crippen molar-refractivity contribution in [1.82, 2.24) is 5.32 Å². The monoisotopic (exact) mass is 429 g/mol. The molecule has 5 atom stereocenters. The zero-order valence-corrected chi connectivity index (χ0v) is 16.7. The second kappa shape index (κ2) is 6.27. The Balaban J connectivity index is 1.72. The molecule has 0 unspecified atom stereocenters. The number of carbonyl (C=O) groups excluding carboxylic acids is 1. The summed E-state index contributed by atoms with van der Waals surface area (Å²) in [5.41, 5.74) is -1.55. The van der Waals surface area contributed by atoms with E-state index < -0.39 is 32.8 Å². The Bertz CT molecular complexity index is 916. The lowest BCUT2D eigenvalue weighted by Crippen LogP contribution is -2.49. The smallest absolute Gasteiger partial charge is 0.353 e. The molecule has 10 heteroatoms. The standard InChI is InChI=1S/C19H22F3N3O3S/c1-10(26)24-17-6-12-5-14(17)16-9-25(29(27,28)18(12,16)2)13-4-3-11(8-23)15(7-13)19(20,21)22/h3-4,7,12,14,16-17,27-28H,5-6,9H2,1-2H3,(H,24,26)/t12-,14-,16-,17+,18+/m0/s1. The topological polar surface area (TPSA) is 96.6 Å². The largest absolute Gasteiger partial charge is 0.417 e. The Kier molecular flexibility index (Phi) is 4.39. The fraction of sp³-hybridized carbons (Fsp3) is 0.579. The van der Waals surface area contributed by atoms with Crippen molar-refractivity contribution >= 4 is 22.4 Å². The third-order valence-corrected chi connectivity index (χ3v) is 9.83. The Morgan fingerprint density at radius 3 is 2.66 bits per heavy atom. The van der Waals surface area contributed by atoms with Crippen LogP contribution in [0.2, 0.25) is 0 Å². The van der Waals surface area contributed by atoms with E-state index in [0.29, 0.717) is 6.42 Å². The van der Waals surface area contributed by atoms with E-state index in [4.69, 9.17) is 5.26 Å². The predicted octanol–water partition coefficient (Wildman–Crippen LogP) is 3.98. The number of hydrogen-bond acceptors (Lipinski definition) is 5. The number of hydrogen-bond donors (Lipinski definition) is 3. The minimum absolute atomic E-state index is 0.0372. The molecule has 6 nitrogen and oxygen atoms in total. The van der Waals surface area contributed by atoms with E-state index in [1.165, 1.54) is 23.4 Å². The Morgan fingerprint density at radius 1 is 1.38 bits per heavy atom. The highest BCUT2D eigenvalue weighted by molar-refractivity contribution is 8.26. The van der Waals surface area contributed by atoms with E-state index in [9.17, 15) is 27.1 Å². The van der Waals surface area contributed by atoms with Gasteiger partial charge in [-0.2, -0.15) is 18.4 Å². The summed E-state index contributed by atoms with van der Waals surface area (Å²) in [6, 6.07) is 4.71. The summed E-state index contributed by atoms with van der Waals surface area (Å²) in [5.74, 6) is -0.295. The lowest BCUT2D eigenvalue weighted by molar-refractivity contribution is -0.137. The van der Waals surface area contributed by atoms with Crippen LogP contribution in [0.3, 0.4) is 0 Å². The summed E-state index contributed by atoms with van der Waals surface area (Å²) in [6.45, 7) is 3.43. The number of nitriles is 1. The molecule has 29 heavy (non-hydrogen) atoms. The van der Waals surface area contributed by atoms with Crippen LogP contribution in [0.1, 0.15) is 37.8 Å². The van der Waals surface area contributed by atoms with Gasteiger partial charge in [0.25, 0.3) is 0 Å². The van der Waals surface area contributed by atoms with Gasteiger partial charge in [-0.1, -0.05) is 0 Å². The highest BCUT2D eigenvalue weighted by Gasteiger charge is 2.70.